The first kappa shape index (κ1) is 88.3. The maximum atomic E-state index is 12.8. The Hall–Kier alpha value is -1.94. The normalized spacial score (nSPS) is 31.9. The zero-order chi connectivity index (χ0) is 73.2. The predicted octanol–water partition coefficient (Wildman–Crippen LogP) is 16.5. The molecular weight excluding hydrogens is 1350 g/mol. The second kappa shape index (κ2) is 43.6. The summed E-state index contributed by atoms with van der Waals surface area (Å²) >= 11 is 0. The first-order valence-electron chi connectivity index (χ1n) is 40.3. The number of rotatable bonds is 49. The van der Waals surface area contributed by atoms with Crippen LogP contribution in [0.2, 0.25) is 0 Å². The van der Waals surface area contributed by atoms with Gasteiger partial charge in [-0.25, -0.2) is 9.59 Å². The third kappa shape index (κ3) is 26.4. The summed E-state index contributed by atoms with van der Waals surface area (Å²) in [6, 6.07) is 0. The van der Waals surface area contributed by atoms with Crippen molar-refractivity contribution in [1.82, 2.24) is 10.6 Å². The van der Waals surface area contributed by atoms with E-state index in [1.54, 1.807) is 0 Å². The number of carbonyl (C=O) groups is 2. The molecule has 0 radical (unpaired) electrons. The minimum atomic E-state index is -3.40. The molecule has 12 unspecified atom stereocenters. The predicted molar refractivity (Wildman–Crippen MR) is 412 cm³/mol. The van der Waals surface area contributed by atoms with E-state index >= 15 is 0 Å². The van der Waals surface area contributed by atoms with Crippen LogP contribution in [0.5, 0.6) is 0 Å². The van der Waals surface area contributed by atoms with Crippen molar-refractivity contribution in [3.63, 3.8) is 0 Å². The lowest BCUT2D eigenvalue weighted by molar-refractivity contribution is -0.0581. The molecule has 0 saturated heterocycles. The first-order chi connectivity index (χ1) is 48.9. The van der Waals surface area contributed by atoms with Gasteiger partial charge in [0.1, 0.15) is 12.2 Å². The molecule has 20 nitrogen and oxygen atoms in total. The van der Waals surface area contributed by atoms with E-state index in [1.165, 1.54) is 114 Å². The third-order valence-corrected chi connectivity index (χ3v) is 28.4. The number of allylic oxidation sites excluding steroid dienone is 2. The van der Waals surface area contributed by atoms with Crippen LogP contribution in [0.25, 0.3) is 0 Å². The zero-order valence-electron chi connectivity index (χ0n) is 65.1. The Labute approximate surface area is 623 Å². The van der Waals surface area contributed by atoms with Gasteiger partial charge in [-0.15, -0.1) is 0 Å². The Kier molecular flexibility index (Phi) is 37.4. The minimum Gasteiger partial charge on any atom is -0.446 e. The van der Waals surface area contributed by atoms with Crippen LogP contribution in [0, 0.1) is 92.7 Å². The summed E-state index contributed by atoms with van der Waals surface area (Å²) in [5.74, 6) is 9.72. The van der Waals surface area contributed by atoms with Gasteiger partial charge >= 0.3 is 12.2 Å². The van der Waals surface area contributed by atoms with Gasteiger partial charge in [-0.3, -0.25) is 0 Å². The summed E-state index contributed by atoms with van der Waals surface area (Å²) in [5.41, 5.74) is 4.48. The summed E-state index contributed by atoms with van der Waals surface area (Å²) in [7, 11) is -6.81. The van der Waals surface area contributed by atoms with Crippen molar-refractivity contribution in [3.05, 3.63) is 23.3 Å². The molecule has 2 amide bonds. The molecule has 8 aliphatic carbocycles. The van der Waals surface area contributed by atoms with Crippen LogP contribution in [-0.2, 0) is 65.5 Å². The fourth-order valence-electron chi connectivity index (χ4n) is 20.8. The van der Waals surface area contributed by atoms with E-state index in [-0.39, 0.29) is 82.3 Å². The highest BCUT2D eigenvalue weighted by Gasteiger charge is 2.61. The largest absolute Gasteiger partial charge is 0.446 e. The van der Waals surface area contributed by atoms with Gasteiger partial charge in [0.15, 0.2) is 0 Å². The van der Waals surface area contributed by atoms with E-state index in [2.05, 4.69) is 105 Å². The van der Waals surface area contributed by atoms with Crippen molar-refractivity contribution in [3.8, 4) is 0 Å². The van der Waals surface area contributed by atoms with Gasteiger partial charge in [-0.05, 0) is 195 Å². The number of amides is 2. The average molecular weight is 1500 g/mol. The molecule has 0 bridgehead atoms. The molecule has 0 heterocycles. The molecule has 0 aromatic heterocycles. The first-order valence-corrected chi connectivity index (χ1v) is 43.8. The second-order valence-electron chi connectivity index (χ2n) is 33.5. The van der Waals surface area contributed by atoms with E-state index in [0.717, 1.165) is 110 Å². The topological polar surface area (TPSA) is 228 Å². The Balaban J connectivity index is 0.0000149. The molecule has 4 N–H and O–H groups in total. The summed E-state index contributed by atoms with van der Waals surface area (Å²) in [4.78, 5) is 46.5. The number of alkyl carbamates (subject to hydrolysis) is 2. The van der Waals surface area contributed by atoms with Crippen LogP contribution < -0.4 is 10.6 Å². The van der Waals surface area contributed by atoms with Gasteiger partial charge in [0.25, 0.3) is 0 Å². The lowest BCUT2D eigenvalue weighted by Gasteiger charge is -2.58. The summed E-state index contributed by atoms with van der Waals surface area (Å²) in [5, 5.41) is 5.75. The summed E-state index contributed by atoms with van der Waals surface area (Å²) < 4.78 is 78.2. The number of nitrogens with one attached hydrogen (secondary N) is 2. The Morgan fingerprint density at radius 2 is 0.748 bits per heavy atom. The fourth-order valence-corrected chi connectivity index (χ4v) is 22.4. The van der Waals surface area contributed by atoms with E-state index in [4.69, 9.17) is 65.5 Å². The highest BCUT2D eigenvalue weighted by atomic mass is 31.2. The summed E-state index contributed by atoms with van der Waals surface area (Å²) in [6.45, 7) is 31.2. The standard InChI is InChI=1S/C80H142N2O18P2.CH4/c1-59(2)15-13-17-61(5)69-23-25-71-67-21-19-63-57-65(27-31-77(63,7)73(67)29-33-79(69,71)9)99-75(83)81-35-37-87-39-41-89-43-45-91-47-49-93-51-53-95-101(11,85)97-55-56-98-102(12,86)96-54-52-94-50-48-92-46-44-90-42-40-88-38-36-82-76(84)100-66-28-32-78(8)64(58-66)20-22-68-72-26-24-70(62(6)18-14-16-60(3)4)80(72,10)34-30-74(68)78;/h19-20,59-62,65-74,85-86H,11-18,21-58H2,1-10H3,(H,81,83)(H,82,84);1H4/t61?,62?,65-,66-,67?,68?,69?,70?,71?,72?,73?,74?,77-,78-,79+,80+,101?,102?;/m1./s1. The second-order valence-corrected chi connectivity index (χ2v) is 37.1. The zero-order valence-corrected chi connectivity index (χ0v) is 66.9. The SMILES string of the molecule is C.C=P(O)(OCCOCCOCCOCCOCCNC(=O)O[C@@H]1CC[C@]2(C)C(=CCC3C4CCC(C(C)CCCC(C)C)[C@]4(C)CCC32)C1)OCCOP(=C)(O)OCCOCCOCCOCCOCCNC(=O)O[C@@H]1CC[C@]2(C)C(=CCC3C4CCC(C(C)CCCC(C)C)[C@]4(C)CCC32)C1. The molecule has 0 spiro atoms. The fraction of sp³-hybridized carbons (Fsp3) is 0.901. The van der Waals surface area contributed by atoms with Gasteiger partial charge in [0.05, 0.1) is 132 Å². The number of ether oxygens (including phenoxy) is 10. The lowest BCUT2D eigenvalue weighted by atomic mass is 9.47. The molecule has 8 aliphatic rings. The smallest absolute Gasteiger partial charge is 0.407 e. The monoisotopic (exact) mass is 1500 g/mol. The highest BCUT2D eigenvalue weighted by Crippen LogP contribution is 2.69. The van der Waals surface area contributed by atoms with Crippen molar-refractivity contribution in [2.45, 2.75) is 230 Å². The molecular formula is C81H146N2O18P2. The van der Waals surface area contributed by atoms with Crippen molar-refractivity contribution < 1.29 is 84.8 Å². The van der Waals surface area contributed by atoms with Crippen LogP contribution in [0.15, 0.2) is 23.3 Å². The van der Waals surface area contributed by atoms with E-state index in [1.807, 2.05) is 0 Å². The molecule has 0 aromatic carbocycles. The molecule has 6 fully saturated rings. The summed E-state index contributed by atoms with van der Waals surface area (Å²) in [6.07, 6.45) is 38.9. The molecule has 22 heteroatoms. The maximum Gasteiger partial charge on any atom is 0.407 e. The van der Waals surface area contributed by atoms with Gasteiger partial charge in [0, 0.05) is 25.9 Å². The van der Waals surface area contributed by atoms with Gasteiger partial charge in [-0.2, -0.15) is 0 Å². The number of hydrogen-bond acceptors (Lipinski definition) is 18. The third-order valence-electron chi connectivity index (χ3n) is 26.0. The number of carbonyl (C=O) groups excluding carboxylic acids is 2. The minimum absolute atomic E-state index is 0. The van der Waals surface area contributed by atoms with Gasteiger partial charge < -0.3 is 85.9 Å². The van der Waals surface area contributed by atoms with E-state index in [0.29, 0.717) is 116 Å². The Morgan fingerprint density at radius 1 is 0.437 bits per heavy atom. The molecule has 8 rings (SSSR count). The molecule has 18 atom stereocenters. The van der Waals surface area contributed by atoms with Crippen LogP contribution in [0.1, 0.15) is 218 Å². The van der Waals surface area contributed by atoms with Gasteiger partial charge in [-0.1, -0.05) is 138 Å². The molecule has 0 aromatic rings. The van der Waals surface area contributed by atoms with E-state index in [9.17, 15) is 19.4 Å². The van der Waals surface area contributed by atoms with Crippen LogP contribution in [-0.4, -0.2) is 192 Å². The number of fused-ring (bicyclic) bond motifs is 10. The molecule has 598 valence electrons. The molecule has 6 saturated carbocycles. The van der Waals surface area contributed by atoms with Gasteiger partial charge in [0.2, 0.25) is 15.1 Å². The van der Waals surface area contributed by atoms with Crippen molar-refractivity contribution >= 4 is 39.9 Å². The Morgan fingerprint density at radius 3 is 1.08 bits per heavy atom. The number of hydrogen-bond donors (Lipinski definition) is 4. The highest BCUT2D eigenvalue weighted by molar-refractivity contribution is 7.59. The van der Waals surface area contributed by atoms with Crippen molar-refractivity contribution in [2.24, 2.45) is 92.7 Å². The van der Waals surface area contributed by atoms with Crippen LogP contribution in [0.4, 0.5) is 9.59 Å². The van der Waals surface area contributed by atoms with Crippen molar-refractivity contribution in [2.75, 3.05) is 145 Å². The van der Waals surface area contributed by atoms with Crippen LogP contribution in [0.3, 0.4) is 0 Å². The average Bonchev–Trinajstić information content (AvgIpc) is 1.69. The Bertz CT molecular complexity index is 2480. The molecule has 103 heavy (non-hydrogen) atoms. The van der Waals surface area contributed by atoms with Crippen LogP contribution >= 0.6 is 15.1 Å². The van der Waals surface area contributed by atoms with E-state index < -0.39 is 15.1 Å². The van der Waals surface area contributed by atoms with Crippen molar-refractivity contribution in [1.29, 1.82) is 0 Å². The quantitative estimate of drug-likeness (QED) is 0.0252. The maximum absolute atomic E-state index is 12.8. The lowest BCUT2D eigenvalue weighted by Crippen LogP contribution is -2.51. The molecule has 0 aliphatic heterocycles.